The van der Waals surface area contributed by atoms with Crippen molar-refractivity contribution in [3.63, 3.8) is 0 Å². The topological polar surface area (TPSA) is 82.6 Å². The number of methoxy groups -OCH3 is 3. The van der Waals surface area contributed by atoms with Crippen LogP contribution in [0.2, 0.25) is 0 Å². The number of benzene rings is 1. The lowest BCUT2D eigenvalue weighted by Crippen LogP contribution is -2.20. The van der Waals surface area contributed by atoms with Crippen molar-refractivity contribution in [1.29, 1.82) is 0 Å². The summed E-state index contributed by atoms with van der Waals surface area (Å²) in [7, 11) is 4.64. The maximum absolute atomic E-state index is 12.4. The average molecular weight is 405 g/mol. The largest absolute Gasteiger partial charge is 0.493 e. The van der Waals surface area contributed by atoms with Gasteiger partial charge in [0.2, 0.25) is 11.7 Å². The van der Waals surface area contributed by atoms with Crippen LogP contribution in [-0.2, 0) is 11.3 Å². The van der Waals surface area contributed by atoms with Crippen LogP contribution in [-0.4, -0.2) is 37.2 Å². The zero-order valence-electron chi connectivity index (χ0n) is 17.1. The number of nitrogens with zero attached hydrogens (tertiary/aromatic N) is 2. The molecule has 0 saturated carbocycles. The second kappa shape index (κ2) is 10.1. The molecule has 1 aromatic carbocycles. The molecular weight excluding hydrogens is 382 g/mol. The molecule has 0 atom stereocenters. The average Bonchev–Trinajstić information content (AvgIpc) is 2.81. The minimum Gasteiger partial charge on any atom is -0.493 e. The second-order valence-electron chi connectivity index (χ2n) is 6.26. The molecule has 0 radical (unpaired) electrons. The minimum absolute atomic E-state index is 0.228. The van der Waals surface area contributed by atoms with E-state index in [0.717, 1.165) is 22.4 Å². The Morgan fingerprint density at radius 3 is 2.33 bits per heavy atom. The number of nitrogens with one attached hydrogen (secondary N) is 1. The predicted octanol–water partition coefficient (Wildman–Crippen LogP) is 3.50. The number of hydrogen-bond donors (Lipinski definition) is 1. The van der Waals surface area contributed by atoms with Gasteiger partial charge in [-0.25, -0.2) is 0 Å². The summed E-state index contributed by atoms with van der Waals surface area (Å²) in [5, 5.41) is 2.89. The van der Waals surface area contributed by atoms with Crippen molar-refractivity contribution in [3.05, 3.63) is 72.2 Å². The van der Waals surface area contributed by atoms with Gasteiger partial charge in [0.05, 0.1) is 27.0 Å². The van der Waals surface area contributed by atoms with Gasteiger partial charge in [-0.05, 0) is 47.5 Å². The van der Waals surface area contributed by atoms with Gasteiger partial charge in [-0.2, -0.15) is 0 Å². The molecule has 7 heteroatoms. The summed E-state index contributed by atoms with van der Waals surface area (Å²) in [5.41, 5.74) is 3.42. The minimum atomic E-state index is -0.228. The molecule has 7 nitrogen and oxygen atoms in total. The summed E-state index contributed by atoms with van der Waals surface area (Å²) < 4.78 is 16.0. The smallest absolute Gasteiger partial charge is 0.244 e. The molecule has 2 aromatic heterocycles. The van der Waals surface area contributed by atoms with Crippen LogP contribution in [0.1, 0.15) is 11.1 Å². The molecule has 154 valence electrons. The first-order valence-electron chi connectivity index (χ1n) is 9.26. The highest BCUT2D eigenvalue weighted by atomic mass is 16.5. The number of aromatic nitrogens is 2. The number of carbonyl (C=O) groups is 1. The van der Waals surface area contributed by atoms with Crippen LogP contribution >= 0.6 is 0 Å². The first-order valence-corrected chi connectivity index (χ1v) is 9.26. The van der Waals surface area contributed by atoms with Crippen LogP contribution in [0, 0.1) is 0 Å². The van der Waals surface area contributed by atoms with Crippen LogP contribution in [0.5, 0.6) is 17.2 Å². The molecule has 1 amide bonds. The van der Waals surface area contributed by atoms with Crippen molar-refractivity contribution in [2.75, 3.05) is 21.3 Å². The van der Waals surface area contributed by atoms with E-state index < -0.39 is 0 Å². The summed E-state index contributed by atoms with van der Waals surface area (Å²) in [4.78, 5) is 20.8. The molecule has 3 rings (SSSR count). The Balaban J connectivity index is 1.71. The molecule has 1 N–H and O–H groups in total. The maximum atomic E-state index is 12.4. The molecule has 0 aliphatic rings. The number of pyridine rings is 2. The van der Waals surface area contributed by atoms with E-state index in [1.807, 2.05) is 24.3 Å². The monoisotopic (exact) mass is 405 g/mol. The Labute approximate surface area is 175 Å². The Kier molecular flexibility index (Phi) is 7.00. The molecule has 0 unspecified atom stereocenters. The fourth-order valence-electron chi connectivity index (χ4n) is 2.96. The molecule has 0 aliphatic carbocycles. The first-order chi connectivity index (χ1) is 14.7. The van der Waals surface area contributed by atoms with Crippen molar-refractivity contribution in [3.8, 4) is 28.5 Å². The lowest BCUT2D eigenvalue weighted by atomic mass is 10.1. The zero-order valence-corrected chi connectivity index (χ0v) is 17.1. The highest BCUT2D eigenvalue weighted by Gasteiger charge is 2.12. The lowest BCUT2D eigenvalue weighted by molar-refractivity contribution is -0.116. The Morgan fingerprint density at radius 2 is 1.70 bits per heavy atom. The molecule has 30 heavy (non-hydrogen) atoms. The molecule has 0 saturated heterocycles. The van der Waals surface area contributed by atoms with Gasteiger partial charge >= 0.3 is 0 Å². The van der Waals surface area contributed by atoms with E-state index in [9.17, 15) is 4.79 Å². The Hall–Kier alpha value is -3.87. The van der Waals surface area contributed by atoms with Crippen LogP contribution < -0.4 is 19.5 Å². The number of hydrogen-bond acceptors (Lipinski definition) is 6. The third-order valence-corrected chi connectivity index (χ3v) is 4.41. The Morgan fingerprint density at radius 1 is 1.00 bits per heavy atom. The number of rotatable bonds is 8. The van der Waals surface area contributed by atoms with Crippen LogP contribution in [0.4, 0.5) is 0 Å². The second-order valence-corrected chi connectivity index (χ2v) is 6.26. The van der Waals surface area contributed by atoms with Crippen molar-refractivity contribution in [1.82, 2.24) is 15.3 Å². The first kappa shape index (κ1) is 20.9. The SMILES string of the molecule is COc1cc(/C=C/C(=O)NCc2cccnc2-c2ccncc2)cc(OC)c1OC. The molecule has 0 fully saturated rings. The van der Waals surface area contributed by atoms with Gasteiger partial charge < -0.3 is 19.5 Å². The summed E-state index contributed by atoms with van der Waals surface area (Å²) in [5.74, 6) is 1.32. The summed E-state index contributed by atoms with van der Waals surface area (Å²) in [6, 6.07) is 11.1. The molecule has 3 aromatic rings. The Bertz CT molecular complexity index is 1010. The van der Waals surface area contributed by atoms with Gasteiger partial charge in [0, 0.05) is 36.8 Å². The normalized spacial score (nSPS) is 10.6. The van der Waals surface area contributed by atoms with E-state index in [4.69, 9.17) is 14.2 Å². The zero-order chi connectivity index (χ0) is 21.3. The molecule has 0 bridgehead atoms. The molecular formula is C23H23N3O4. The predicted molar refractivity (Wildman–Crippen MR) is 114 cm³/mol. The van der Waals surface area contributed by atoms with E-state index in [0.29, 0.717) is 23.8 Å². The molecule has 2 heterocycles. The van der Waals surface area contributed by atoms with E-state index in [2.05, 4.69) is 15.3 Å². The van der Waals surface area contributed by atoms with Gasteiger partial charge in [0.25, 0.3) is 0 Å². The van der Waals surface area contributed by atoms with Crippen molar-refractivity contribution in [2.24, 2.45) is 0 Å². The summed E-state index contributed by atoms with van der Waals surface area (Å²) in [6.45, 7) is 0.351. The number of ether oxygens (including phenoxy) is 3. The fourth-order valence-corrected chi connectivity index (χ4v) is 2.96. The van der Waals surface area contributed by atoms with Crippen LogP contribution in [0.3, 0.4) is 0 Å². The third-order valence-electron chi connectivity index (χ3n) is 4.41. The lowest BCUT2D eigenvalue weighted by Gasteiger charge is -2.12. The fraction of sp³-hybridized carbons (Fsp3) is 0.174. The van der Waals surface area contributed by atoms with E-state index >= 15 is 0 Å². The van der Waals surface area contributed by atoms with E-state index in [-0.39, 0.29) is 5.91 Å². The van der Waals surface area contributed by atoms with Gasteiger partial charge in [-0.3, -0.25) is 14.8 Å². The summed E-state index contributed by atoms with van der Waals surface area (Å²) >= 11 is 0. The van der Waals surface area contributed by atoms with Gasteiger partial charge in [-0.1, -0.05) is 6.07 Å². The molecule has 0 aliphatic heterocycles. The highest BCUT2D eigenvalue weighted by Crippen LogP contribution is 2.38. The standard InChI is InChI=1S/C23H23N3O4/c1-28-19-13-16(14-20(29-2)23(19)30-3)6-7-21(27)26-15-18-5-4-10-25-22(18)17-8-11-24-12-9-17/h4-14H,15H2,1-3H3,(H,26,27)/b7-6+. The molecule has 0 spiro atoms. The number of amides is 1. The van der Waals surface area contributed by atoms with Gasteiger partial charge in [0.1, 0.15) is 0 Å². The van der Waals surface area contributed by atoms with Gasteiger partial charge in [-0.15, -0.1) is 0 Å². The van der Waals surface area contributed by atoms with Crippen molar-refractivity contribution < 1.29 is 19.0 Å². The van der Waals surface area contributed by atoms with Crippen molar-refractivity contribution in [2.45, 2.75) is 6.54 Å². The number of carbonyl (C=O) groups excluding carboxylic acids is 1. The summed E-state index contributed by atoms with van der Waals surface area (Å²) in [6.07, 6.45) is 8.31. The quantitative estimate of drug-likeness (QED) is 0.578. The van der Waals surface area contributed by atoms with E-state index in [1.165, 1.54) is 6.08 Å². The highest BCUT2D eigenvalue weighted by molar-refractivity contribution is 5.92. The van der Waals surface area contributed by atoms with Crippen LogP contribution in [0.15, 0.2) is 61.1 Å². The van der Waals surface area contributed by atoms with Crippen molar-refractivity contribution >= 4 is 12.0 Å². The van der Waals surface area contributed by atoms with E-state index in [1.54, 1.807) is 58.1 Å². The van der Waals surface area contributed by atoms with Crippen LogP contribution in [0.25, 0.3) is 17.3 Å². The maximum Gasteiger partial charge on any atom is 0.244 e. The van der Waals surface area contributed by atoms with Gasteiger partial charge in [0.15, 0.2) is 11.5 Å². The third kappa shape index (κ3) is 4.94.